The van der Waals surface area contributed by atoms with E-state index in [2.05, 4.69) is 11.0 Å². The third kappa shape index (κ3) is 4.53. The minimum Gasteiger partial charge on any atom is -0.378 e. The molecule has 1 aromatic heterocycles. The average Bonchev–Trinajstić information content (AvgIpc) is 3.10. The molecule has 0 spiro atoms. The Morgan fingerprint density at radius 2 is 1.85 bits per heavy atom. The molecule has 2 aliphatic heterocycles. The van der Waals surface area contributed by atoms with E-state index < -0.39 is 0 Å². The largest absolute Gasteiger partial charge is 0.378 e. The number of thioether (sulfide) groups is 1. The molecule has 9 heteroatoms. The molecule has 1 aromatic carbocycles. The Morgan fingerprint density at radius 3 is 2.47 bits per heavy atom. The molecule has 0 saturated carbocycles. The van der Waals surface area contributed by atoms with Gasteiger partial charge in [0.1, 0.15) is 21.8 Å². The maximum atomic E-state index is 13.3. The van der Waals surface area contributed by atoms with E-state index in [1.165, 1.54) is 11.8 Å². The molecule has 0 radical (unpaired) electrons. The molecule has 1 amide bonds. The molecule has 0 atom stereocenters. The third-order valence-corrected chi connectivity index (χ3v) is 7.46. The second-order valence-electron chi connectivity index (χ2n) is 8.25. The number of hydrogen-bond donors (Lipinski definition) is 0. The number of aryl methyl sites for hydroxylation is 1. The summed E-state index contributed by atoms with van der Waals surface area (Å²) in [5.74, 6) is 0.548. The number of carbonyl (C=O) groups is 1. The van der Waals surface area contributed by atoms with Crippen molar-refractivity contribution in [3.63, 3.8) is 0 Å². The van der Waals surface area contributed by atoms with Gasteiger partial charge in [-0.25, -0.2) is 0 Å². The number of nitriles is 1. The number of morpholine rings is 1. The van der Waals surface area contributed by atoms with Gasteiger partial charge >= 0.3 is 0 Å². The zero-order chi connectivity index (χ0) is 24.4. The molecular weight excluding hydrogens is 468 g/mol. The highest BCUT2D eigenvalue weighted by atomic mass is 32.2. The summed E-state index contributed by atoms with van der Waals surface area (Å²) in [6.45, 7) is 8.83. The number of carbonyl (C=O) groups excluding carboxylic acids is 1. The van der Waals surface area contributed by atoms with E-state index >= 15 is 0 Å². The molecule has 0 N–H and O–H groups in total. The van der Waals surface area contributed by atoms with E-state index in [0.29, 0.717) is 59.7 Å². The van der Waals surface area contributed by atoms with E-state index in [1.54, 1.807) is 22.5 Å². The van der Waals surface area contributed by atoms with Gasteiger partial charge in [0, 0.05) is 25.2 Å². The quantitative estimate of drug-likeness (QED) is 0.464. The van der Waals surface area contributed by atoms with Gasteiger partial charge in [0.15, 0.2) is 0 Å². The van der Waals surface area contributed by atoms with Crippen LogP contribution in [0.2, 0.25) is 0 Å². The Bertz CT molecular complexity index is 1270. The summed E-state index contributed by atoms with van der Waals surface area (Å²) in [5.41, 5.74) is 3.21. The minimum atomic E-state index is -0.312. The predicted molar refractivity (Wildman–Crippen MR) is 139 cm³/mol. The molecule has 0 unspecified atom stereocenters. The normalized spacial score (nSPS) is 17.5. The highest BCUT2D eigenvalue weighted by Crippen LogP contribution is 2.36. The minimum absolute atomic E-state index is 0.0974. The predicted octanol–water partition coefficient (Wildman–Crippen LogP) is 3.59. The van der Waals surface area contributed by atoms with E-state index in [0.717, 1.165) is 16.9 Å². The summed E-state index contributed by atoms with van der Waals surface area (Å²) in [6, 6.07) is 10.1. The zero-order valence-corrected chi connectivity index (χ0v) is 21.1. The lowest BCUT2D eigenvalue weighted by Gasteiger charge is -2.33. The summed E-state index contributed by atoms with van der Waals surface area (Å²) in [5, 5.41) is 9.71. The van der Waals surface area contributed by atoms with Gasteiger partial charge in [-0.05, 0) is 38.0 Å². The Hall–Kier alpha value is -2.93. The molecule has 4 rings (SSSR count). The second kappa shape index (κ2) is 10.1. The van der Waals surface area contributed by atoms with Crippen LogP contribution in [0.5, 0.6) is 0 Å². The summed E-state index contributed by atoms with van der Waals surface area (Å²) in [7, 11) is 0. The monoisotopic (exact) mass is 494 g/mol. The van der Waals surface area contributed by atoms with Crippen LogP contribution in [0.3, 0.4) is 0 Å². The van der Waals surface area contributed by atoms with Gasteiger partial charge < -0.3 is 9.64 Å². The van der Waals surface area contributed by atoms with Gasteiger partial charge in [-0.15, -0.1) is 0 Å². The van der Waals surface area contributed by atoms with Crippen molar-refractivity contribution in [2.75, 3.05) is 31.2 Å². The molecule has 0 bridgehead atoms. The van der Waals surface area contributed by atoms with Crippen molar-refractivity contribution >= 4 is 46.1 Å². The van der Waals surface area contributed by atoms with Gasteiger partial charge in [0.2, 0.25) is 0 Å². The Morgan fingerprint density at radius 1 is 1.18 bits per heavy atom. The van der Waals surface area contributed by atoms with Crippen molar-refractivity contribution in [2.45, 2.75) is 33.9 Å². The van der Waals surface area contributed by atoms with E-state index in [1.807, 2.05) is 38.1 Å². The van der Waals surface area contributed by atoms with Crippen LogP contribution >= 0.6 is 24.0 Å². The number of ether oxygens (including phenoxy) is 1. The standard InChI is InChI=1S/C25H26N4O3S2/c1-4-28-22(27-9-11-32-12-10-27)19(17(3)20(14-26)23(28)30)13-21-24(31)29(25(33)34-21)15-18-7-5-16(2)6-8-18/h5-8,13H,4,9-12,15H2,1-3H3/b21-13-. The third-order valence-electron chi connectivity index (χ3n) is 6.08. The van der Waals surface area contributed by atoms with Gasteiger partial charge in [-0.2, -0.15) is 5.26 Å². The summed E-state index contributed by atoms with van der Waals surface area (Å²) < 4.78 is 7.62. The fourth-order valence-corrected chi connectivity index (χ4v) is 5.43. The average molecular weight is 495 g/mol. The number of benzene rings is 1. The van der Waals surface area contributed by atoms with Crippen LogP contribution in [-0.4, -0.2) is 46.0 Å². The van der Waals surface area contributed by atoms with E-state index in [4.69, 9.17) is 17.0 Å². The molecule has 2 saturated heterocycles. The maximum Gasteiger partial charge on any atom is 0.270 e. The topological polar surface area (TPSA) is 78.6 Å². The summed E-state index contributed by atoms with van der Waals surface area (Å²) in [6.07, 6.45) is 1.79. The molecule has 0 aliphatic carbocycles. The zero-order valence-electron chi connectivity index (χ0n) is 19.5. The van der Waals surface area contributed by atoms with E-state index in [9.17, 15) is 14.9 Å². The number of thiocarbonyl (C=S) groups is 1. The number of pyridine rings is 1. The summed E-state index contributed by atoms with van der Waals surface area (Å²) in [4.78, 5) is 30.6. The van der Waals surface area contributed by atoms with Crippen molar-refractivity contribution in [2.24, 2.45) is 0 Å². The lowest BCUT2D eigenvalue weighted by Crippen LogP contribution is -2.41. The number of nitrogens with zero attached hydrogens (tertiary/aromatic N) is 4. The van der Waals surface area contributed by atoms with Crippen LogP contribution in [0, 0.1) is 25.2 Å². The molecule has 2 fully saturated rings. The van der Waals surface area contributed by atoms with Crippen LogP contribution < -0.4 is 10.5 Å². The smallest absolute Gasteiger partial charge is 0.270 e. The van der Waals surface area contributed by atoms with Crippen molar-refractivity contribution in [1.82, 2.24) is 9.47 Å². The lowest BCUT2D eigenvalue weighted by molar-refractivity contribution is -0.122. The van der Waals surface area contributed by atoms with Crippen LogP contribution in [-0.2, 0) is 22.6 Å². The van der Waals surface area contributed by atoms with Crippen LogP contribution in [0.1, 0.15) is 34.7 Å². The number of amides is 1. The van der Waals surface area contributed by atoms with Gasteiger partial charge in [0.25, 0.3) is 11.5 Å². The Kier molecular flexibility index (Phi) is 7.22. The van der Waals surface area contributed by atoms with Gasteiger partial charge in [-0.1, -0.05) is 53.8 Å². The number of aromatic nitrogens is 1. The maximum absolute atomic E-state index is 13.3. The Balaban J connectivity index is 1.79. The van der Waals surface area contributed by atoms with Crippen molar-refractivity contribution in [3.05, 3.63) is 67.3 Å². The lowest BCUT2D eigenvalue weighted by atomic mass is 10.0. The van der Waals surface area contributed by atoms with Crippen LogP contribution in [0.4, 0.5) is 5.82 Å². The Labute approximate surface area is 208 Å². The first-order valence-corrected chi connectivity index (χ1v) is 12.4. The summed E-state index contributed by atoms with van der Waals surface area (Å²) >= 11 is 6.79. The van der Waals surface area contributed by atoms with Crippen molar-refractivity contribution in [1.29, 1.82) is 5.26 Å². The molecular formula is C25H26N4O3S2. The number of anilines is 1. The van der Waals surface area contributed by atoms with Crippen LogP contribution in [0.25, 0.3) is 6.08 Å². The molecule has 2 aliphatic rings. The fourth-order valence-electron chi connectivity index (χ4n) is 4.20. The molecule has 34 heavy (non-hydrogen) atoms. The van der Waals surface area contributed by atoms with Crippen LogP contribution in [0.15, 0.2) is 34.0 Å². The van der Waals surface area contributed by atoms with Crippen molar-refractivity contribution < 1.29 is 9.53 Å². The SMILES string of the molecule is CCn1c(N2CCOCC2)c(/C=C2\SC(=S)N(Cc3ccc(C)cc3)C2=O)c(C)c(C#N)c1=O. The fraction of sp³-hybridized carbons (Fsp3) is 0.360. The first-order chi connectivity index (χ1) is 16.3. The molecule has 2 aromatic rings. The van der Waals surface area contributed by atoms with E-state index in [-0.39, 0.29) is 17.0 Å². The molecule has 176 valence electrons. The van der Waals surface area contributed by atoms with Crippen molar-refractivity contribution in [3.8, 4) is 6.07 Å². The highest BCUT2D eigenvalue weighted by molar-refractivity contribution is 8.26. The van der Waals surface area contributed by atoms with Gasteiger partial charge in [-0.3, -0.25) is 19.1 Å². The first kappa shape index (κ1) is 24.2. The number of rotatable bonds is 5. The highest BCUT2D eigenvalue weighted by Gasteiger charge is 2.33. The second-order valence-corrected chi connectivity index (χ2v) is 9.93. The van der Waals surface area contributed by atoms with Gasteiger partial charge in [0.05, 0.1) is 24.7 Å². The number of hydrogen-bond acceptors (Lipinski definition) is 7. The first-order valence-electron chi connectivity index (χ1n) is 11.2. The molecule has 7 nitrogen and oxygen atoms in total. The molecule has 3 heterocycles.